The summed E-state index contributed by atoms with van der Waals surface area (Å²) >= 11 is 0. The highest BCUT2D eigenvalue weighted by molar-refractivity contribution is 5.81. The average molecular weight is 233 g/mol. The van der Waals surface area contributed by atoms with Gasteiger partial charge >= 0.3 is 0 Å². The van der Waals surface area contributed by atoms with Crippen LogP contribution in [0.2, 0.25) is 0 Å². The normalized spacial score (nSPS) is 17.8. The first-order valence-corrected chi connectivity index (χ1v) is 6.28. The Morgan fingerprint density at radius 1 is 1.18 bits per heavy atom. The van der Waals surface area contributed by atoms with Gasteiger partial charge in [-0.15, -0.1) is 0 Å². The summed E-state index contributed by atoms with van der Waals surface area (Å²) in [7, 11) is 0. The van der Waals surface area contributed by atoms with E-state index in [1.165, 1.54) is 6.42 Å². The topological polar surface area (TPSA) is 40.5 Å². The van der Waals surface area contributed by atoms with Gasteiger partial charge in [-0.3, -0.25) is 4.79 Å². The van der Waals surface area contributed by atoms with Gasteiger partial charge in [0.2, 0.25) is 0 Å². The van der Waals surface area contributed by atoms with Crippen molar-refractivity contribution in [3.8, 4) is 0 Å². The number of amides is 1. The molecule has 0 aromatic heterocycles. The molecule has 0 saturated carbocycles. The van der Waals surface area contributed by atoms with E-state index < -0.39 is 6.10 Å². The molecule has 1 unspecified atom stereocenters. The zero-order valence-electron chi connectivity index (χ0n) is 10.0. The number of rotatable bonds is 3. The first-order valence-electron chi connectivity index (χ1n) is 6.28. The molecule has 1 aromatic rings. The first-order chi connectivity index (χ1) is 8.27. The lowest BCUT2D eigenvalue weighted by Crippen LogP contribution is -2.42. The molecule has 1 heterocycles. The molecule has 0 radical (unpaired) electrons. The van der Waals surface area contributed by atoms with Crippen molar-refractivity contribution in [2.75, 3.05) is 13.1 Å². The van der Waals surface area contributed by atoms with Gasteiger partial charge in [0.25, 0.3) is 5.91 Å². The molecule has 1 aliphatic rings. The molecule has 0 bridgehead atoms. The van der Waals surface area contributed by atoms with E-state index in [2.05, 4.69) is 0 Å². The van der Waals surface area contributed by atoms with Crippen molar-refractivity contribution in [3.05, 3.63) is 35.9 Å². The van der Waals surface area contributed by atoms with Crippen molar-refractivity contribution < 1.29 is 9.90 Å². The van der Waals surface area contributed by atoms with Gasteiger partial charge in [0.05, 0.1) is 0 Å². The molecule has 1 aromatic carbocycles. The fourth-order valence-corrected chi connectivity index (χ4v) is 2.25. The predicted molar refractivity (Wildman–Crippen MR) is 66.6 cm³/mol. The van der Waals surface area contributed by atoms with Gasteiger partial charge in [-0.2, -0.15) is 0 Å². The number of carbonyl (C=O) groups is 1. The lowest BCUT2D eigenvalue weighted by Gasteiger charge is -2.28. The van der Waals surface area contributed by atoms with E-state index in [4.69, 9.17) is 0 Å². The van der Waals surface area contributed by atoms with Crippen molar-refractivity contribution in [1.82, 2.24) is 4.90 Å². The van der Waals surface area contributed by atoms with Crippen molar-refractivity contribution in [2.24, 2.45) is 0 Å². The van der Waals surface area contributed by atoms with E-state index in [1.807, 2.05) is 30.3 Å². The molecule has 17 heavy (non-hydrogen) atoms. The monoisotopic (exact) mass is 233 g/mol. The van der Waals surface area contributed by atoms with Crippen molar-refractivity contribution >= 4 is 5.91 Å². The highest BCUT2D eigenvalue weighted by Gasteiger charge is 2.23. The summed E-state index contributed by atoms with van der Waals surface area (Å²) in [4.78, 5) is 13.8. The zero-order chi connectivity index (χ0) is 12.1. The third kappa shape index (κ3) is 3.30. The Bertz CT molecular complexity index is 358. The molecule has 1 N–H and O–H groups in total. The molecule has 3 nitrogen and oxygen atoms in total. The fraction of sp³-hybridized carbons (Fsp3) is 0.500. The summed E-state index contributed by atoms with van der Waals surface area (Å²) in [6, 6.07) is 9.66. The predicted octanol–water partition coefficient (Wildman–Crippen LogP) is 1.60. The minimum atomic E-state index is -0.893. The maximum Gasteiger partial charge on any atom is 0.251 e. The Balaban J connectivity index is 1.90. The standard InChI is InChI=1S/C14H19NO2/c16-13(11-12-7-3-1-4-8-12)14(17)15-9-5-2-6-10-15/h1,3-4,7-8,13,16H,2,5-6,9-11H2. The summed E-state index contributed by atoms with van der Waals surface area (Å²) < 4.78 is 0. The smallest absolute Gasteiger partial charge is 0.251 e. The van der Waals surface area contributed by atoms with Crippen LogP contribution in [0.3, 0.4) is 0 Å². The molecule has 0 spiro atoms. The summed E-state index contributed by atoms with van der Waals surface area (Å²) in [5.74, 6) is -0.117. The number of hydrogen-bond acceptors (Lipinski definition) is 2. The molecular weight excluding hydrogens is 214 g/mol. The lowest BCUT2D eigenvalue weighted by atomic mass is 10.1. The van der Waals surface area contributed by atoms with Gasteiger partial charge in [-0.25, -0.2) is 0 Å². The average Bonchev–Trinajstić information content (AvgIpc) is 2.40. The van der Waals surface area contributed by atoms with E-state index >= 15 is 0 Å². The Morgan fingerprint density at radius 2 is 1.82 bits per heavy atom. The maximum atomic E-state index is 12.0. The second-order valence-corrected chi connectivity index (χ2v) is 4.59. The van der Waals surface area contributed by atoms with Gasteiger partial charge in [0.1, 0.15) is 6.10 Å². The first kappa shape index (κ1) is 12.1. The number of aliphatic hydroxyl groups is 1. The van der Waals surface area contributed by atoms with E-state index in [0.717, 1.165) is 31.5 Å². The zero-order valence-corrected chi connectivity index (χ0v) is 10.0. The second kappa shape index (κ2) is 5.82. The Morgan fingerprint density at radius 3 is 2.47 bits per heavy atom. The van der Waals surface area contributed by atoms with E-state index in [9.17, 15) is 9.90 Å². The van der Waals surface area contributed by atoms with Crippen LogP contribution in [0.4, 0.5) is 0 Å². The number of benzene rings is 1. The van der Waals surface area contributed by atoms with Crippen LogP contribution in [0.5, 0.6) is 0 Å². The number of aliphatic hydroxyl groups excluding tert-OH is 1. The molecule has 1 atom stereocenters. The molecule has 2 rings (SSSR count). The molecule has 3 heteroatoms. The third-order valence-electron chi connectivity index (χ3n) is 3.22. The van der Waals surface area contributed by atoms with Crippen molar-refractivity contribution in [1.29, 1.82) is 0 Å². The lowest BCUT2D eigenvalue weighted by molar-refractivity contribution is -0.141. The third-order valence-corrected chi connectivity index (χ3v) is 3.22. The van der Waals surface area contributed by atoms with Gasteiger partial charge < -0.3 is 10.0 Å². The summed E-state index contributed by atoms with van der Waals surface area (Å²) in [5.41, 5.74) is 1.00. The van der Waals surface area contributed by atoms with Gasteiger partial charge in [-0.05, 0) is 24.8 Å². The van der Waals surface area contributed by atoms with Crippen LogP contribution in [0, 0.1) is 0 Å². The summed E-state index contributed by atoms with van der Waals surface area (Å²) in [5, 5.41) is 9.93. The fourth-order valence-electron chi connectivity index (χ4n) is 2.25. The van der Waals surface area contributed by atoms with Crippen molar-refractivity contribution in [3.63, 3.8) is 0 Å². The van der Waals surface area contributed by atoms with Crippen LogP contribution in [-0.2, 0) is 11.2 Å². The minimum Gasteiger partial charge on any atom is -0.383 e. The van der Waals surface area contributed by atoms with Gasteiger partial charge in [-0.1, -0.05) is 30.3 Å². The maximum absolute atomic E-state index is 12.0. The SMILES string of the molecule is O=C(C(O)Cc1ccccc1)N1CCCCC1. The van der Waals surface area contributed by atoms with E-state index in [-0.39, 0.29) is 5.91 Å². The van der Waals surface area contributed by atoms with Crippen LogP contribution in [0.15, 0.2) is 30.3 Å². The summed E-state index contributed by atoms with van der Waals surface area (Å²) in [6.45, 7) is 1.59. The number of likely N-dealkylation sites (tertiary alicyclic amines) is 1. The Labute approximate surface area is 102 Å². The number of nitrogens with zero attached hydrogens (tertiary/aromatic N) is 1. The minimum absolute atomic E-state index is 0.117. The number of piperidine rings is 1. The summed E-state index contributed by atoms with van der Waals surface area (Å²) in [6.07, 6.45) is 2.83. The molecule has 1 aliphatic heterocycles. The van der Waals surface area contributed by atoms with E-state index in [1.54, 1.807) is 4.90 Å². The molecular formula is C14H19NO2. The van der Waals surface area contributed by atoms with Gasteiger partial charge in [0, 0.05) is 19.5 Å². The molecule has 1 fully saturated rings. The highest BCUT2D eigenvalue weighted by Crippen LogP contribution is 2.12. The van der Waals surface area contributed by atoms with Crippen LogP contribution >= 0.6 is 0 Å². The molecule has 0 aliphatic carbocycles. The van der Waals surface area contributed by atoms with Crippen LogP contribution in [-0.4, -0.2) is 35.1 Å². The number of hydrogen-bond donors (Lipinski definition) is 1. The molecule has 1 amide bonds. The quantitative estimate of drug-likeness (QED) is 0.861. The van der Waals surface area contributed by atoms with Crippen LogP contribution in [0.25, 0.3) is 0 Å². The second-order valence-electron chi connectivity index (χ2n) is 4.59. The Kier molecular flexibility index (Phi) is 4.15. The highest BCUT2D eigenvalue weighted by atomic mass is 16.3. The molecule has 92 valence electrons. The Hall–Kier alpha value is -1.35. The van der Waals surface area contributed by atoms with E-state index in [0.29, 0.717) is 6.42 Å². The number of carbonyl (C=O) groups excluding carboxylic acids is 1. The van der Waals surface area contributed by atoms with Crippen LogP contribution < -0.4 is 0 Å². The molecule has 1 saturated heterocycles. The largest absolute Gasteiger partial charge is 0.383 e. The van der Waals surface area contributed by atoms with Crippen molar-refractivity contribution in [2.45, 2.75) is 31.8 Å². The van der Waals surface area contributed by atoms with Gasteiger partial charge in [0.15, 0.2) is 0 Å². The van der Waals surface area contributed by atoms with Crippen LogP contribution in [0.1, 0.15) is 24.8 Å².